The van der Waals surface area contributed by atoms with Gasteiger partial charge in [-0.2, -0.15) is 5.10 Å². The van der Waals surface area contributed by atoms with Crippen molar-refractivity contribution in [1.29, 1.82) is 0 Å². The van der Waals surface area contributed by atoms with Gasteiger partial charge in [0.1, 0.15) is 5.82 Å². The summed E-state index contributed by atoms with van der Waals surface area (Å²) < 4.78 is 15.1. The van der Waals surface area contributed by atoms with E-state index in [4.69, 9.17) is 0 Å². The number of benzene rings is 1. The second kappa shape index (κ2) is 4.84. The van der Waals surface area contributed by atoms with Crippen molar-refractivity contribution in [1.82, 2.24) is 9.78 Å². The summed E-state index contributed by atoms with van der Waals surface area (Å²) in [5.41, 5.74) is 1.24. The van der Waals surface area contributed by atoms with E-state index in [1.165, 1.54) is 6.07 Å². The highest BCUT2D eigenvalue weighted by molar-refractivity contribution is 5.93. The monoisotopic (exact) mass is 259 g/mol. The van der Waals surface area contributed by atoms with Crippen LogP contribution in [-0.4, -0.2) is 15.7 Å². The summed E-state index contributed by atoms with van der Waals surface area (Å²) in [6, 6.07) is 6.59. The van der Waals surface area contributed by atoms with E-state index in [0.29, 0.717) is 17.8 Å². The molecule has 0 spiro atoms. The summed E-state index contributed by atoms with van der Waals surface area (Å²) in [5, 5.41) is 6.93. The fraction of sp³-hybridized carbons (Fsp3) is 0.286. The molecule has 0 bridgehead atoms. The number of carbonyl (C=O) groups excluding carboxylic acids is 1. The lowest BCUT2D eigenvalue weighted by Gasteiger charge is -2.03. The minimum Gasteiger partial charge on any atom is -0.323 e. The van der Waals surface area contributed by atoms with Gasteiger partial charge < -0.3 is 5.32 Å². The molecule has 1 aromatic heterocycles. The van der Waals surface area contributed by atoms with Gasteiger partial charge in [0.25, 0.3) is 0 Å². The van der Waals surface area contributed by atoms with Gasteiger partial charge in [-0.1, -0.05) is 18.2 Å². The molecule has 1 aliphatic carbocycles. The van der Waals surface area contributed by atoms with Crippen LogP contribution < -0.4 is 5.32 Å². The second-order valence-corrected chi connectivity index (χ2v) is 4.78. The molecule has 4 nitrogen and oxygen atoms in total. The Morgan fingerprint density at radius 2 is 2.21 bits per heavy atom. The van der Waals surface area contributed by atoms with Crippen molar-refractivity contribution in [2.45, 2.75) is 19.4 Å². The van der Waals surface area contributed by atoms with Gasteiger partial charge in [0.05, 0.1) is 18.4 Å². The average Bonchev–Trinajstić information content (AvgIpc) is 3.16. The number of hydrogen-bond acceptors (Lipinski definition) is 2. The van der Waals surface area contributed by atoms with Crippen LogP contribution in [0.15, 0.2) is 36.7 Å². The molecule has 0 atom stereocenters. The molecule has 1 saturated carbocycles. The molecule has 0 unspecified atom stereocenters. The molecule has 1 N–H and O–H groups in total. The van der Waals surface area contributed by atoms with Gasteiger partial charge in [-0.05, 0) is 18.9 Å². The minimum absolute atomic E-state index is 0.0467. The normalized spacial score (nSPS) is 14.4. The molecular weight excluding hydrogens is 245 g/mol. The Bertz CT molecular complexity index is 604. The SMILES string of the molecule is O=C(Nc1cnn(Cc2ccccc2F)c1)C1CC1. The van der Waals surface area contributed by atoms with E-state index in [9.17, 15) is 9.18 Å². The summed E-state index contributed by atoms with van der Waals surface area (Å²) in [6.45, 7) is 0.353. The lowest BCUT2D eigenvalue weighted by atomic mass is 10.2. The van der Waals surface area contributed by atoms with Gasteiger partial charge in [0.2, 0.25) is 5.91 Å². The number of aromatic nitrogens is 2. The maximum atomic E-state index is 13.5. The zero-order valence-corrected chi connectivity index (χ0v) is 10.3. The third-order valence-electron chi connectivity index (χ3n) is 3.14. The molecule has 0 saturated heterocycles. The van der Waals surface area contributed by atoms with E-state index in [0.717, 1.165) is 12.8 Å². The molecule has 98 valence electrons. The second-order valence-electron chi connectivity index (χ2n) is 4.78. The minimum atomic E-state index is -0.249. The van der Waals surface area contributed by atoms with Crippen LogP contribution >= 0.6 is 0 Å². The predicted molar refractivity (Wildman–Crippen MR) is 69.1 cm³/mol. The van der Waals surface area contributed by atoms with Gasteiger partial charge in [-0.25, -0.2) is 4.39 Å². The van der Waals surface area contributed by atoms with Crippen LogP contribution in [0.25, 0.3) is 0 Å². The van der Waals surface area contributed by atoms with Crippen molar-refractivity contribution < 1.29 is 9.18 Å². The van der Waals surface area contributed by atoms with Gasteiger partial charge in [0, 0.05) is 17.7 Å². The summed E-state index contributed by atoms with van der Waals surface area (Å²) in [7, 11) is 0. The van der Waals surface area contributed by atoms with Crippen LogP contribution in [0.1, 0.15) is 18.4 Å². The van der Waals surface area contributed by atoms with Crippen molar-refractivity contribution in [3.05, 3.63) is 48.0 Å². The number of nitrogens with zero attached hydrogens (tertiary/aromatic N) is 2. The van der Waals surface area contributed by atoms with Crippen molar-refractivity contribution in [3.8, 4) is 0 Å². The van der Waals surface area contributed by atoms with Gasteiger partial charge >= 0.3 is 0 Å². The molecule has 1 fully saturated rings. The fourth-order valence-corrected chi connectivity index (χ4v) is 1.91. The van der Waals surface area contributed by atoms with Crippen molar-refractivity contribution in [3.63, 3.8) is 0 Å². The highest BCUT2D eigenvalue weighted by Gasteiger charge is 2.29. The number of halogens is 1. The highest BCUT2D eigenvalue weighted by atomic mass is 19.1. The number of rotatable bonds is 4. The molecule has 5 heteroatoms. The smallest absolute Gasteiger partial charge is 0.227 e. The topological polar surface area (TPSA) is 46.9 Å². The third-order valence-corrected chi connectivity index (χ3v) is 3.14. The summed E-state index contributed by atoms with van der Waals surface area (Å²) in [4.78, 5) is 11.6. The van der Waals surface area contributed by atoms with Crippen molar-refractivity contribution in [2.75, 3.05) is 5.32 Å². The quantitative estimate of drug-likeness (QED) is 0.916. The molecule has 1 aliphatic rings. The number of carbonyl (C=O) groups is 1. The molecule has 1 aromatic carbocycles. The van der Waals surface area contributed by atoms with Crippen LogP contribution in [0.5, 0.6) is 0 Å². The van der Waals surface area contributed by atoms with Gasteiger partial charge in [0.15, 0.2) is 0 Å². The molecular formula is C14H14FN3O. The first-order chi connectivity index (χ1) is 9.22. The van der Waals surface area contributed by atoms with E-state index in [1.807, 2.05) is 0 Å². The summed E-state index contributed by atoms with van der Waals surface area (Å²) >= 11 is 0. The first-order valence-corrected chi connectivity index (χ1v) is 6.29. The lowest BCUT2D eigenvalue weighted by Crippen LogP contribution is -2.12. The summed E-state index contributed by atoms with van der Waals surface area (Å²) in [5.74, 6) is -0.0399. The molecule has 0 aliphatic heterocycles. The Balaban J connectivity index is 1.67. The summed E-state index contributed by atoms with van der Waals surface area (Å²) in [6.07, 6.45) is 5.23. The van der Waals surface area contributed by atoms with Crippen LogP contribution in [0.2, 0.25) is 0 Å². The van der Waals surface area contributed by atoms with Crippen LogP contribution in [0.4, 0.5) is 10.1 Å². The first-order valence-electron chi connectivity index (χ1n) is 6.29. The maximum Gasteiger partial charge on any atom is 0.227 e. The number of amides is 1. The molecule has 0 radical (unpaired) electrons. The van der Waals surface area contributed by atoms with E-state index in [-0.39, 0.29) is 17.6 Å². The average molecular weight is 259 g/mol. The zero-order valence-electron chi connectivity index (χ0n) is 10.3. The third kappa shape index (κ3) is 2.81. The zero-order chi connectivity index (χ0) is 13.2. The fourth-order valence-electron chi connectivity index (χ4n) is 1.91. The van der Waals surface area contributed by atoms with E-state index in [2.05, 4.69) is 10.4 Å². The molecule has 1 heterocycles. The molecule has 1 amide bonds. The van der Waals surface area contributed by atoms with Gasteiger partial charge in [-0.15, -0.1) is 0 Å². The van der Waals surface area contributed by atoms with Crippen molar-refractivity contribution in [2.24, 2.45) is 5.92 Å². The molecule has 19 heavy (non-hydrogen) atoms. The number of hydrogen-bond donors (Lipinski definition) is 1. The first kappa shape index (κ1) is 11.9. The van der Waals surface area contributed by atoms with E-state index >= 15 is 0 Å². The number of nitrogens with one attached hydrogen (secondary N) is 1. The van der Waals surface area contributed by atoms with E-state index in [1.54, 1.807) is 35.3 Å². The lowest BCUT2D eigenvalue weighted by molar-refractivity contribution is -0.117. The molecule has 2 aromatic rings. The predicted octanol–water partition coefficient (Wildman–Crippen LogP) is 2.42. The Morgan fingerprint density at radius 3 is 2.95 bits per heavy atom. The Labute approximate surface area is 110 Å². The van der Waals surface area contributed by atoms with Crippen LogP contribution in [0, 0.1) is 11.7 Å². The Morgan fingerprint density at radius 1 is 1.42 bits per heavy atom. The van der Waals surface area contributed by atoms with E-state index < -0.39 is 0 Å². The largest absolute Gasteiger partial charge is 0.323 e. The van der Waals surface area contributed by atoms with Gasteiger partial charge in [-0.3, -0.25) is 9.48 Å². The molecule has 3 rings (SSSR count). The van der Waals surface area contributed by atoms with Crippen LogP contribution in [0.3, 0.4) is 0 Å². The van der Waals surface area contributed by atoms with Crippen molar-refractivity contribution >= 4 is 11.6 Å². The Hall–Kier alpha value is -2.17. The Kier molecular flexibility index (Phi) is 3.03. The van der Waals surface area contributed by atoms with Crippen LogP contribution in [-0.2, 0) is 11.3 Å². The maximum absolute atomic E-state index is 13.5. The highest BCUT2D eigenvalue weighted by Crippen LogP contribution is 2.30. The standard InChI is InChI=1S/C14H14FN3O/c15-13-4-2-1-3-11(13)8-18-9-12(7-16-18)17-14(19)10-5-6-10/h1-4,7,9-10H,5-6,8H2,(H,17,19). The number of anilines is 1.